The van der Waals surface area contributed by atoms with Crippen LogP contribution in [0.15, 0.2) is 36.5 Å². The van der Waals surface area contributed by atoms with Crippen molar-refractivity contribution in [3.8, 4) is 0 Å². The summed E-state index contributed by atoms with van der Waals surface area (Å²) in [4.78, 5) is 11.1. The summed E-state index contributed by atoms with van der Waals surface area (Å²) in [7, 11) is 0. The quantitative estimate of drug-likeness (QED) is 0.691. The van der Waals surface area contributed by atoms with Gasteiger partial charge in [0, 0.05) is 19.3 Å². The van der Waals surface area contributed by atoms with Gasteiger partial charge in [-0.15, -0.1) is 0 Å². The van der Waals surface area contributed by atoms with Crippen LogP contribution < -0.4 is 4.90 Å². The molecule has 0 saturated carbocycles. The first-order valence-corrected chi connectivity index (χ1v) is 5.98. The lowest BCUT2D eigenvalue weighted by atomic mass is 10.2. The van der Waals surface area contributed by atoms with E-state index in [-0.39, 0.29) is 6.10 Å². The second kappa shape index (κ2) is 3.43. The van der Waals surface area contributed by atoms with Gasteiger partial charge >= 0.3 is 0 Å². The Morgan fingerprint density at radius 2 is 1.94 bits per heavy atom. The number of imidazole rings is 1. The maximum atomic E-state index is 9.32. The van der Waals surface area contributed by atoms with Crippen LogP contribution in [0, 0.1) is 0 Å². The highest BCUT2D eigenvalue weighted by atomic mass is 16.3. The molecule has 0 spiro atoms. The molecule has 1 aliphatic rings. The number of nitrogens with zero attached hydrogens (tertiary/aromatic N) is 4. The zero-order valence-corrected chi connectivity index (χ0v) is 9.69. The third-order valence-corrected chi connectivity index (χ3v) is 3.35. The summed E-state index contributed by atoms with van der Waals surface area (Å²) in [5.74, 6) is 1.58. The lowest BCUT2D eigenvalue weighted by molar-refractivity contribution is 0.141. The fraction of sp³-hybridized carbons (Fsp3) is 0.231. The fourth-order valence-corrected chi connectivity index (χ4v) is 2.36. The van der Waals surface area contributed by atoms with E-state index < -0.39 is 0 Å². The van der Waals surface area contributed by atoms with Crippen LogP contribution in [0.4, 0.5) is 5.82 Å². The summed E-state index contributed by atoms with van der Waals surface area (Å²) in [5, 5.41) is 9.32. The van der Waals surface area contributed by atoms with Crippen molar-refractivity contribution < 1.29 is 5.11 Å². The average Bonchev–Trinajstić information content (AvgIpc) is 2.72. The first-order chi connectivity index (χ1) is 8.81. The number of rotatable bonds is 1. The van der Waals surface area contributed by atoms with E-state index in [1.165, 1.54) is 0 Å². The molecule has 2 aromatic heterocycles. The standard InChI is InChI=1S/C13H12N4O/c18-9-7-16(8-9)12-5-6-17-11-4-2-1-3-10(11)14-13(17)15-12/h1-6,9,18H,7-8H2. The zero-order valence-electron chi connectivity index (χ0n) is 9.69. The number of β-amino-alcohol motifs (C(OH)–C–C–N with tert-alkyl or cyclic N) is 1. The Hall–Kier alpha value is -2.14. The Labute approximate surface area is 103 Å². The molecule has 0 aliphatic carbocycles. The lowest BCUT2D eigenvalue weighted by Crippen LogP contribution is -2.51. The molecule has 3 aromatic rings. The summed E-state index contributed by atoms with van der Waals surface area (Å²) < 4.78 is 1.98. The molecule has 0 amide bonds. The minimum atomic E-state index is -0.221. The normalized spacial score (nSPS) is 16.4. The summed E-state index contributed by atoms with van der Waals surface area (Å²) in [6.45, 7) is 1.31. The molecule has 0 bridgehead atoms. The Balaban J connectivity index is 1.87. The fourth-order valence-electron chi connectivity index (χ4n) is 2.36. The van der Waals surface area contributed by atoms with Crippen LogP contribution in [0.2, 0.25) is 0 Å². The molecule has 90 valence electrons. The van der Waals surface area contributed by atoms with E-state index in [1.54, 1.807) is 0 Å². The second-order valence-corrected chi connectivity index (χ2v) is 4.62. The van der Waals surface area contributed by atoms with Gasteiger partial charge in [-0.1, -0.05) is 12.1 Å². The summed E-state index contributed by atoms with van der Waals surface area (Å²) in [6, 6.07) is 9.95. The maximum Gasteiger partial charge on any atom is 0.236 e. The highest BCUT2D eigenvalue weighted by Gasteiger charge is 2.25. The smallest absolute Gasteiger partial charge is 0.236 e. The van der Waals surface area contributed by atoms with E-state index in [2.05, 4.69) is 9.97 Å². The molecule has 0 atom stereocenters. The zero-order chi connectivity index (χ0) is 12.1. The Kier molecular flexibility index (Phi) is 1.87. The van der Waals surface area contributed by atoms with Crippen molar-refractivity contribution in [3.05, 3.63) is 36.5 Å². The van der Waals surface area contributed by atoms with E-state index in [0.29, 0.717) is 18.9 Å². The van der Waals surface area contributed by atoms with Gasteiger partial charge < -0.3 is 10.0 Å². The highest BCUT2D eigenvalue weighted by Crippen LogP contribution is 2.21. The van der Waals surface area contributed by atoms with Crippen molar-refractivity contribution in [2.45, 2.75) is 6.10 Å². The minimum absolute atomic E-state index is 0.221. The summed E-state index contributed by atoms with van der Waals surface area (Å²) in [6.07, 6.45) is 1.76. The molecule has 5 heteroatoms. The van der Waals surface area contributed by atoms with Gasteiger partial charge in [-0.3, -0.25) is 4.40 Å². The van der Waals surface area contributed by atoms with Gasteiger partial charge in [-0.2, -0.15) is 4.98 Å². The van der Waals surface area contributed by atoms with E-state index >= 15 is 0 Å². The minimum Gasteiger partial charge on any atom is -0.389 e. The predicted octanol–water partition coefficient (Wildman–Crippen LogP) is 1.06. The van der Waals surface area contributed by atoms with Gasteiger partial charge in [0.05, 0.1) is 17.1 Å². The van der Waals surface area contributed by atoms with Gasteiger partial charge in [0.2, 0.25) is 5.78 Å². The van der Waals surface area contributed by atoms with E-state index in [9.17, 15) is 5.11 Å². The third-order valence-electron chi connectivity index (χ3n) is 3.35. The van der Waals surface area contributed by atoms with Gasteiger partial charge in [0.25, 0.3) is 0 Å². The van der Waals surface area contributed by atoms with Crippen molar-refractivity contribution in [1.29, 1.82) is 0 Å². The number of benzene rings is 1. The first-order valence-electron chi connectivity index (χ1n) is 5.98. The van der Waals surface area contributed by atoms with Crippen LogP contribution in [-0.2, 0) is 0 Å². The Morgan fingerprint density at radius 1 is 1.11 bits per heavy atom. The van der Waals surface area contributed by atoms with Gasteiger partial charge in [0.15, 0.2) is 0 Å². The number of hydrogen-bond acceptors (Lipinski definition) is 4. The molecule has 1 N–H and O–H groups in total. The maximum absolute atomic E-state index is 9.32. The topological polar surface area (TPSA) is 53.7 Å². The molecule has 1 aliphatic heterocycles. The molecule has 5 nitrogen and oxygen atoms in total. The van der Waals surface area contributed by atoms with Gasteiger partial charge in [-0.25, -0.2) is 4.98 Å². The number of aromatic nitrogens is 3. The SMILES string of the molecule is OC1CN(c2ccn3c(n2)nc2ccccc23)C1. The highest BCUT2D eigenvalue weighted by molar-refractivity contribution is 5.79. The first kappa shape index (κ1) is 9.85. The van der Waals surface area contributed by atoms with Crippen molar-refractivity contribution >= 4 is 22.6 Å². The van der Waals surface area contributed by atoms with Crippen molar-refractivity contribution in [2.24, 2.45) is 0 Å². The number of para-hydroxylation sites is 2. The number of hydrogen-bond donors (Lipinski definition) is 1. The molecule has 0 radical (unpaired) electrons. The van der Waals surface area contributed by atoms with Crippen molar-refractivity contribution in [3.63, 3.8) is 0 Å². The largest absolute Gasteiger partial charge is 0.389 e. The van der Waals surface area contributed by atoms with Crippen LogP contribution in [0.25, 0.3) is 16.8 Å². The van der Waals surface area contributed by atoms with Crippen LogP contribution >= 0.6 is 0 Å². The Morgan fingerprint density at radius 3 is 2.78 bits per heavy atom. The number of aliphatic hydroxyl groups is 1. The Bertz CT molecular complexity index is 730. The molecule has 3 heterocycles. The van der Waals surface area contributed by atoms with Gasteiger partial charge in [0.1, 0.15) is 5.82 Å². The molecule has 0 unspecified atom stereocenters. The van der Waals surface area contributed by atoms with Crippen LogP contribution in [0.1, 0.15) is 0 Å². The monoisotopic (exact) mass is 240 g/mol. The lowest BCUT2D eigenvalue weighted by Gasteiger charge is -2.36. The third kappa shape index (κ3) is 1.31. The number of aliphatic hydroxyl groups excluding tert-OH is 1. The van der Waals surface area contributed by atoms with Crippen LogP contribution in [-0.4, -0.2) is 38.7 Å². The average molecular weight is 240 g/mol. The molecular formula is C13H12N4O. The van der Waals surface area contributed by atoms with Crippen molar-refractivity contribution in [2.75, 3.05) is 18.0 Å². The van der Waals surface area contributed by atoms with Crippen LogP contribution in [0.3, 0.4) is 0 Å². The van der Waals surface area contributed by atoms with E-state index in [4.69, 9.17) is 0 Å². The number of fused-ring (bicyclic) bond motifs is 3. The molecular weight excluding hydrogens is 228 g/mol. The van der Waals surface area contributed by atoms with Crippen molar-refractivity contribution in [1.82, 2.24) is 14.4 Å². The second-order valence-electron chi connectivity index (χ2n) is 4.62. The van der Waals surface area contributed by atoms with Gasteiger partial charge in [-0.05, 0) is 18.2 Å². The number of anilines is 1. The summed E-state index contributed by atoms with van der Waals surface area (Å²) in [5.41, 5.74) is 2.01. The predicted molar refractivity (Wildman–Crippen MR) is 68.7 cm³/mol. The molecule has 4 rings (SSSR count). The molecule has 18 heavy (non-hydrogen) atoms. The summed E-state index contributed by atoms with van der Waals surface area (Å²) >= 11 is 0. The molecule has 1 fully saturated rings. The van der Waals surface area contributed by atoms with Crippen LogP contribution in [0.5, 0.6) is 0 Å². The van der Waals surface area contributed by atoms with E-state index in [1.807, 2.05) is 45.8 Å². The molecule has 1 saturated heterocycles. The van der Waals surface area contributed by atoms with E-state index in [0.717, 1.165) is 16.9 Å². The molecule has 1 aromatic carbocycles.